The fourth-order valence-electron chi connectivity index (χ4n) is 1.79. The van der Waals surface area contributed by atoms with Gasteiger partial charge in [-0.1, -0.05) is 11.6 Å². The third-order valence-corrected chi connectivity index (χ3v) is 3.20. The molecule has 0 fully saturated rings. The van der Waals surface area contributed by atoms with Gasteiger partial charge in [-0.3, -0.25) is 0 Å². The van der Waals surface area contributed by atoms with Crippen molar-refractivity contribution < 1.29 is 0 Å². The molecule has 0 aromatic carbocycles. The lowest BCUT2D eigenvalue weighted by Crippen LogP contribution is -2.06. The van der Waals surface area contributed by atoms with Gasteiger partial charge in [0.25, 0.3) is 0 Å². The van der Waals surface area contributed by atoms with Gasteiger partial charge >= 0.3 is 0 Å². The Labute approximate surface area is 105 Å². The second-order valence-corrected chi connectivity index (χ2v) is 4.45. The maximum Gasteiger partial charge on any atom is 0.154 e. The van der Waals surface area contributed by atoms with Crippen LogP contribution in [0.3, 0.4) is 0 Å². The minimum atomic E-state index is 0.489. The van der Waals surface area contributed by atoms with Crippen LogP contribution in [0.1, 0.15) is 22.6 Å². The first-order valence-electron chi connectivity index (χ1n) is 5.42. The number of hydrogen-bond acceptors (Lipinski definition) is 3. The molecule has 17 heavy (non-hydrogen) atoms. The van der Waals surface area contributed by atoms with Crippen molar-refractivity contribution in [2.75, 3.05) is 0 Å². The third-order valence-electron chi connectivity index (χ3n) is 2.66. The van der Waals surface area contributed by atoms with E-state index in [0.29, 0.717) is 11.6 Å². The molecule has 2 aromatic rings. The van der Waals surface area contributed by atoms with E-state index in [4.69, 9.17) is 17.3 Å². The van der Waals surface area contributed by atoms with E-state index < -0.39 is 0 Å². The Bertz CT molecular complexity index is 560. The van der Waals surface area contributed by atoms with E-state index in [2.05, 4.69) is 10.1 Å². The number of pyridine rings is 1. The monoisotopic (exact) mass is 250 g/mol. The maximum absolute atomic E-state index is 6.13. The first-order valence-corrected chi connectivity index (χ1v) is 5.80. The van der Waals surface area contributed by atoms with E-state index in [-0.39, 0.29) is 0 Å². The molecule has 0 unspecified atom stereocenters. The minimum absolute atomic E-state index is 0.489. The lowest BCUT2D eigenvalue weighted by Gasteiger charge is -2.07. The van der Waals surface area contributed by atoms with Crippen molar-refractivity contribution in [3.63, 3.8) is 0 Å². The molecule has 2 aromatic heterocycles. The number of halogens is 1. The smallest absolute Gasteiger partial charge is 0.154 e. The second-order valence-electron chi connectivity index (χ2n) is 4.08. The van der Waals surface area contributed by atoms with Crippen LogP contribution in [0.4, 0.5) is 0 Å². The van der Waals surface area contributed by atoms with Crippen molar-refractivity contribution >= 4 is 11.6 Å². The lowest BCUT2D eigenvalue weighted by molar-refractivity contribution is 0.797. The maximum atomic E-state index is 6.13. The van der Waals surface area contributed by atoms with E-state index in [1.54, 1.807) is 4.68 Å². The Hall–Kier alpha value is -1.39. The average molecular weight is 251 g/mol. The van der Waals surface area contributed by atoms with Crippen LogP contribution in [-0.2, 0) is 6.54 Å². The Morgan fingerprint density at radius 2 is 2.00 bits per heavy atom. The normalized spacial score (nSPS) is 10.9. The third kappa shape index (κ3) is 2.18. The zero-order valence-corrected chi connectivity index (χ0v) is 10.9. The number of rotatable bonds is 2. The molecule has 0 bridgehead atoms. The largest absolute Gasteiger partial charge is 0.326 e. The molecule has 0 saturated heterocycles. The molecule has 0 aliphatic heterocycles. The highest BCUT2D eigenvalue weighted by atomic mass is 35.5. The Morgan fingerprint density at radius 1 is 1.29 bits per heavy atom. The molecule has 5 heteroatoms. The molecule has 90 valence electrons. The van der Waals surface area contributed by atoms with Gasteiger partial charge in [-0.05, 0) is 38.5 Å². The predicted octanol–water partition coefficient (Wildman–Crippen LogP) is 2.30. The van der Waals surface area contributed by atoms with Crippen molar-refractivity contribution in [2.45, 2.75) is 27.3 Å². The van der Waals surface area contributed by atoms with E-state index in [9.17, 15) is 0 Å². The fourth-order valence-corrected chi connectivity index (χ4v) is 1.91. The average Bonchev–Trinajstić information content (AvgIpc) is 2.56. The van der Waals surface area contributed by atoms with Gasteiger partial charge in [-0.15, -0.1) is 0 Å². The SMILES string of the molecule is Cc1cc(CN)cc(-n2nc(C)c(Cl)c2C)n1. The molecule has 0 radical (unpaired) electrons. The van der Waals surface area contributed by atoms with Crippen molar-refractivity contribution in [2.24, 2.45) is 5.73 Å². The highest BCUT2D eigenvalue weighted by Crippen LogP contribution is 2.22. The Balaban J connectivity index is 2.59. The van der Waals surface area contributed by atoms with Gasteiger partial charge in [0, 0.05) is 12.2 Å². The van der Waals surface area contributed by atoms with Gasteiger partial charge in [0.15, 0.2) is 5.82 Å². The van der Waals surface area contributed by atoms with Crippen molar-refractivity contribution in [1.29, 1.82) is 0 Å². The number of hydrogen-bond donors (Lipinski definition) is 1. The predicted molar refractivity (Wildman–Crippen MR) is 68.5 cm³/mol. The van der Waals surface area contributed by atoms with E-state index in [0.717, 1.165) is 28.5 Å². The molecule has 2 rings (SSSR count). The molecule has 4 nitrogen and oxygen atoms in total. The summed E-state index contributed by atoms with van der Waals surface area (Å²) in [5.41, 5.74) is 9.32. The molecular formula is C12H15ClN4. The van der Waals surface area contributed by atoms with Crippen LogP contribution < -0.4 is 5.73 Å². The molecule has 0 amide bonds. The highest BCUT2D eigenvalue weighted by molar-refractivity contribution is 6.31. The van der Waals surface area contributed by atoms with Gasteiger partial charge in [0.2, 0.25) is 0 Å². The summed E-state index contributed by atoms with van der Waals surface area (Å²) in [6, 6.07) is 3.90. The fraction of sp³-hybridized carbons (Fsp3) is 0.333. The van der Waals surface area contributed by atoms with Crippen LogP contribution in [0.15, 0.2) is 12.1 Å². The van der Waals surface area contributed by atoms with Crippen LogP contribution in [-0.4, -0.2) is 14.8 Å². The van der Waals surface area contributed by atoms with Crippen molar-refractivity contribution in [1.82, 2.24) is 14.8 Å². The first-order chi connectivity index (χ1) is 8.02. The Kier molecular flexibility index (Phi) is 3.17. The summed E-state index contributed by atoms with van der Waals surface area (Å²) < 4.78 is 1.75. The summed E-state index contributed by atoms with van der Waals surface area (Å²) in [4.78, 5) is 4.45. The first kappa shape index (κ1) is 12.1. The quantitative estimate of drug-likeness (QED) is 0.890. The Morgan fingerprint density at radius 3 is 2.53 bits per heavy atom. The summed E-state index contributed by atoms with van der Waals surface area (Å²) in [7, 11) is 0. The highest BCUT2D eigenvalue weighted by Gasteiger charge is 2.12. The van der Waals surface area contributed by atoms with Crippen LogP contribution in [0.25, 0.3) is 5.82 Å². The molecule has 0 aliphatic carbocycles. The van der Waals surface area contributed by atoms with E-state index >= 15 is 0 Å². The summed E-state index contributed by atoms with van der Waals surface area (Å²) in [5.74, 6) is 0.762. The van der Waals surface area contributed by atoms with E-state index in [1.807, 2.05) is 32.9 Å². The molecule has 0 spiro atoms. The number of aryl methyl sites for hydroxylation is 2. The van der Waals surface area contributed by atoms with Crippen LogP contribution >= 0.6 is 11.6 Å². The van der Waals surface area contributed by atoms with Crippen LogP contribution in [0, 0.1) is 20.8 Å². The molecular weight excluding hydrogens is 236 g/mol. The summed E-state index contributed by atoms with van der Waals surface area (Å²) in [5, 5.41) is 5.06. The van der Waals surface area contributed by atoms with Gasteiger partial charge in [-0.2, -0.15) is 5.10 Å². The molecule has 0 atom stereocenters. The summed E-state index contributed by atoms with van der Waals surface area (Å²) >= 11 is 6.13. The van der Waals surface area contributed by atoms with E-state index in [1.165, 1.54) is 0 Å². The zero-order valence-electron chi connectivity index (χ0n) is 10.2. The molecule has 2 N–H and O–H groups in total. The minimum Gasteiger partial charge on any atom is -0.326 e. The summed E-state index contributed by atoms with van der Waals surface area (Å²) in [6.45, 7) is 6.24. The van der Waals surface area contributed by atoms with Gasteiger partial charge in [0.05, 0.1) is 16.4 Å². The van der Waals surface area contributed by atoms with Crippen LogP contribution in [0.2, 0.25) is 5.02 Å². The second kappa shape index (κ2) is 4.47. The standard InChI is InChI=1S/C12H15ClN4/c1-7-4-10(6-14)5-11(15-7)17-9(3)12(13)8(2)16-17/h4-5H,6,14H2,1-3H3. The summed E-state index contributed by atoms with van der Waals surface area (Å²) in [6.07, 6.45) is 0. The van der Waals surface area contributed by atoms with Crippen LogP contribution in [0.5, 0.6) is 0 Å². The number of nitrogens with zero attached hydrogens (tertiary/aromatic N) is 3. The number of aromatic nitrogens is 3. The zero-order chi connectivity index (χ0) is 12.6. The van der Waals surface area contributed by atoms with Crippen molar-refractivity contribution in [3.8, 4) is 5.82 Å². The van der Waals surface area contributed by atoms with Gasteiger partial charge in [0.1, 0.15) is 0 Å². The lowest BCUT2D eigenvalue weighted by atomic mass is 10.2. The topological polar surface area (TPSA) is 56.7 Å². The number of nitrogens with two attached hydrogens (primary N) is 1. The van der Waals surface area contributed by atoms with Gasteiger partial charge < -0.3 is 5.73 Å². The molecule has 2 heterocycles. The van der Waals surface area contributed by atoms with Crippen molar-refractivity contribution in [3.05, 3.63) is 39.8 Å². The van der Waals surface area contributed by atoms with Gasteiger partial charge in [-0.25, -0.2) is 9.67 Å². The molecule has 0 saturated carbocycles. The molecule has 0 aliphatic rings.